The Bertz CT molecular complexity index is 572. The molecule has 1 aromatic rings. The van der Waals surface area contributed by atoms with Gasteiger partial charge in [-0.3, -0.25) is 14.6 Å². The van der Waals surface area contributed by atoms with Crippen LogP contribution in [-0.2, 0) is 11.3 Å². The zero-order valence-electron chi connectivity index (χ0n) is 15.1. The van der Waals surface area contributed by atoms with Crippen LogP contribution in [0.4, 0.5) is 0 Å². The Morgan fingerprint density at radius 3 is 2.64 bits per heavy atom. The third kappa shape index (κ3) is 4.22. The van der Waals surface area contributed by atoms with Gasteiger partial charge in [-0.2, -0.15) is 0 Å². The predicted molar refractivity (Wildman–Crippen MR) is 99.3 cm³/mol. The van der Waals surface area contributed by atoms with Gasteiger partial charge < -0.3 is 10.2 Å². The highest BCUT2D eigenvalue weighted by Gasteiger charge is 2.36. The Hall–Kier alpha value is -1.43. The second kappa shape index (κ2) is 7.85. The van der Waals surface area contributed by atoms with Crippen molar-refractivity contribution in [2.75, 3.05) is 52.4 Å². The molecular formula is C20H30N4O. The van der Waals surface area contributed by atoms with Crippen LogP contribution in [0.5, 0.6) is 0 Å². The molecule has 25 heavy (non-hydrogen) atoms. The molecule has 0 radical (unpaired) electrons. The fourth-order valence-electron chi connectivity index (χ4n) is 4.63. The molecule has 5 nitrogen and oxygen atoms in total. The molecule has 2 bridgehead atoms. The Balaban J connectivity index is 1.37. The predicted octanol–water partition coefficient (Wildman–Crippen LogP) is 1.01. The van der Waals surface area contributed by atoms with Gasteiger partial charge in [0.1, 0.15) is 0 Å². The van der Waals surface area contributed by atoms with Crippen LogP contribution >= 0.6 is 0 Å². The summed E-state index contributed by atoms with van der Waals surface area (Å²) in [6, 6.07) is 11.3. The van der Waals surface area contributed by atoms with Crippen LogP contribution in [0, 0.1) is 5.92 Å². The monoisotopic (exact) mass is 342 g/mol. The molecule has 5 heteroatoms. The minimum atomic E-state index is 0.323. The van der Waals surface area contributed by atoms with Crippen LogP contribution in [0.3, 0.4) is 0 Å². The molecule has 0 aromatic heterocycles. The van der Waals surface area contributed by atoms with E-state index in [4.69, 9.17) is 0 Å². The fourth-order valence-corrected chi connectivity index (χ4v) is 4.63. The van der Waals surface area contributed by atoms with Crippen molar-refractivity contribution < 1.29 is 4.79 Å². The number of hydrogen-bond donors (Lipinski definition) is 1. The topological polar surface area (TPSA) is 38.8 Å². The molecule has 5 rings (SSSR count). The first-order chi connectivity index (χ1) is 12.3. The normalized spacial score (nSPS) is 28.1. The highest BCUT2D eigenvalue weighted by Crippen LogP contribution is 2.28. The molecule has 1 aromatic carbocycles. The van der Waals surface area contributed by atoms with Crippen LogP contribution in [0.2, 0.25) is 0 Å². The summed E-state index contributed by atoms with van der Waals surface area (Å²) in [5, 5.41) is 3.33. The largest absolute Gasteiger partial charge is 0.339 e. The summed E-state index contributed by atoms with van der Waals surface area (Å²) in [7, 11) is 0. The van der Waals surface area contributed by atoms with E-state index in [1.165, 1.54) is 24.9 Å². The first-order valence-electron chi connectivity index (χ1n) is 9.77. The minimum Gasteiger partial charge on any atom is -0.339 e. The van der Waals surface area contributed by atoms with E-state index in [-0.39, 0.29) is 0 Å². The molecular weight excluding hydrogens is 312 g/mol. The van der Waals surface area contributed by atoms with E-state index in [0.717, 1.165) is 45.8 Å². The van der Waals surface area contributed by atoms with E-state index in [1.807, 2.05) is 4.90 Å². The Kier molecular flexibility index (Phi) is 5.34. The molecule has 4 heterocycles. The molecule has 4 saturated heterocycles. The van der Waals surface area contributed by atoms with Crippen molar-refractivity contribution in [2.24, 2.45) is 5.92 Å². The zero-order chi connectivity index (χ0) is 17.1. The van der Waals surface area contributed by atoms with E-state index in [2.05, 4.69) is 45.4 Å². The summed E-state index contributed by atoms with van der Waals surface area (Å²) in [4.78, 5) is 19.8. The number of carbonyl (C=O) groups excluding carboxylic acids is 1. The number of hydrogen-bond acceptors (Lipinski definition) is 4. The second-order valence-corrected chi connectivity index (χ2v) is 7.84. The summed E-state index contributed by atoms with van der Waals surface area (Å²) in [6.45, 7) is 8.60. The van der Waals surface area contributed by atoms with E-state index >= 15 is 0 Å². The van der Waals surface area contributed by atoms with Gasteiger partial charge in [0.15, 0.2) is 0 Å². The van der Waals surface area contributed by atoms with Gasteiger partial charge in [-0.25, -0.2) is 0 Å². The van der Waals surface area contributed by atoms with Crippen molar-refractivity contribution in [1.82, 2.24) is 20.0 Å². The maximum absolute atomic E-state index is 12.7. The Morgan fingerprint density at radius 1 is 1.04 bits per heavy atom. The van der Waals surface area contributed by atoms with Crippen LogP contribution < -0.4 is 5.32 Å². The highest BCUT2D eigenvalue weighted by atomic mass is 16.2. The molecule has 0 spiro atoms. The molecule has 4 aliphatic heterocycles. The van der Waals surface area contributed by atoms with Gasteiger partial charge in [0, 0.05) is 58.4 Å². The van der Waals surface area contributed by atoms with Crippen LogP contribution in [0.25, 0.3) is 0 Å². The maximum Gasteiger partial charge on any atom is 0.236 e. The van der Waals surface area contributed by atoms with Crippen molar-refractivity contribution in [3.8, 4) is 0 Å². The molecule has 4 aliphatic rings. The van der Waals surface area contributed by atoms with Crippen molar-refractivity contribution >= 4 is 5.91 Å². The summed E-state index contributed by atoms with van der Waals surface area (Å²) < 4.78 is 0. The van der Waals surface area contributed by atoms with Crippen molar-refractivity contribution in [2.45, 2.75) is 25.4 Å². The lowest BCUT2D eigenvalue weighted by molar-refractivity contribution is -0.134. The summed E-state index contributed by atoms with van der Waals surface area (Å²) in [5.41, 5.74) is 1.40. The molecule has 2 atom stereocenters. The molecule has 0 unspecified atom stereocenters. The number of nitrogens with one attached hydrogen (secondary N) is 1. The van der Waals surface area contributed by atoms with Gasteiger partial charge in [-0.15, -0.1) is 0 Å². The van der Waals surface area contributed by atoms with Crippen molar-refractivity contribution in [3.63, 3.8) is 0 Å². The third-order valence-corrected chi connectivity index (χ3v) is 5.96. The highest BCUT2D eigenvalue weighted by molar-refractivity contribution is 5.78. The molecule has 1 N–H and O–H groups in total. The van der Waals surface area contributed by atoms with Crippen molar-refractivity contribution in [1.29, 1.82) is 0 Å². The van der Waals surface area contributed by atoms with Gasteiger partial charge in [-0.05, 0) is 24.3 Å². The minimum absolute atomic E-state index is 0.323. The molecule has 0 aliphatic carbocycles. The summed E-state index contributed by atoms with van der Waals surface area (Å²) in [5.74, 6) is 1.03. The SMILES string of the molecule is O=C(CN1C[C@@H]2CC[C@H]1CN(Cc1ccccc1)C2)N1CCNCC1. The Labute approximate surface area is 151 Å². The number of amides is 1. The molecule has 0 saturated carbocycles. The number of piperazine rings is 1. The molecule has 1 amide bonds. The zero-order valence-corrected chi connectivity index (χ0v) is 15.1. The van der Waals surface area contributed by atoms with E-state index in [9.17, 15) is 4.79 Å². The van der Waals surface area contributed by atoms with Crippen LogP contribution in [0.15, 0.2) is 30.3 Å². The number of piperidine rings is 1. The summed E-state index contributed by atoms with van der Waals surface area (Å²) in [6.07, 6.45) is 2.55. The maximum atomic E-state index is 12.7. The second-order valence-electron chi connectivity index (χ2n) is 7.84. The summed E-state index contributed by atoms with van der Waals surface area (Å²) >= 11 is 0. The number of benzene rings is 1. The average Bonchev–Trinajstić information content (AvgIpc) is 2.94. The molecule has 4 fully saturated rings. The molecule has 136 valence electrons. The van der Waals surface area contributed by atoms with Gasteiger partial charge >= 0.3 is 0 Å². The lowest BCUT2D eigenvalue weighted by Gasteiger charge is -2.37. The van der Waals surface area contributed by atoms with E-state index < -0.39 is 0 Å². The smallest absolute Gasteiger partial charge is 0.236 e. The number of fused-ring (bicyclic) bond motifs is 4. The fraction of sp³-hybridized carbons (Fsp3) is 0.650. The quantitative estimate of drug-likeness (QED) is 0.887. The Morgan fingerprint density at radius 2 is 1.84 bits per heavy atom. The van der Waals surface area contributed by atoms with Crippen LogP contribution in [-0.4, -0.2) is 79.0 Å². The number of rotatable bonds is 4. The number of carbonyl (C=O) groups is 1. The lowest BCUT2D eigenvalue weighted by Crippen LogP contribution is -2.53. The van der Waals surface area contributed by atoms with Crippen molar-refractivity contribution in [3.05, 3.63) is 35.9 Å². The average molecular weight is 342 g/mol. The van der Waals surface area contributed by atoms with Gasteiger partial charge in [0.05, 0.1) is 6.54 Å². The third-order valence-electron chi connectivity index (χ3n) is 5.96. The van der Waals surface area contributed by atoms with Gasteiger partial charge in [0.2, 0.25) is 5.91 Å². The van der Waals surface area contributed by atoms with Crippen LogP contribution in [0.1, 0.15) is 18.4 Å². The number of nitrogens with zero attached hydrogens (tertiary/aromatic N) is 3. The van der Waals surface area contributed by atoms with Gasteiger partial charge in [0.25, 0.3) is 0 Å². The first kappa shape index (κ1) is 17.0. The first-order valence-corrected chi connectivity index (χ1v) is 9.77. The van der Waals surface area contributed by atoms with Gasteiger partial charge in [-0.1, -0.05) is 30.3 Å². The standard InChI is InChI=1S/C20H30N4O/c25-20(23-10-8-21-9-11-23)16-24-14-18-6-7-19(24)15-22(13-18)12-17-4-2-1-3-5-17/h1-5,18-19,21H,6-16H2/t18-,19+/m1/s1. The van der Waals surface area contributed by atoms with E-state index in [1.54, 1.807) is 0 Å². The van der Waals surface area contributed by atoms with E-state index in [0.29, 0.717) is 24.4 Å². The lowest BCUT2D eigenvalue weighted by atomic mass is 9.95.